The highest BCUT2D eigenvalue weighted by atomic mass is 16.5. The van der Waals surface area contributed by atoms with Crippen LogP contribution in [0.4, 0.5) is 4.79 Å². The van der Waals surface area contributed by atoms with E-state index in [1.807, 2.05) is 36.4 Å². The van der Waals surface area contributed by atoms with Crippen molar-refractivity contribution < 1.29 is 28.6 Å². The second-order valence-electron chi connectivity index (χ2n) is 8.61. The van der Waals surface area contributed by atoms with Gasteiger partial charge in [-0.25, -0.2) is 9.78 Å². The van der Waals surface area contributed by atoms with Crippen LogP contribution >= 0.6 is 0 Å². The number of hydrogen-bond acceptors (Lipinski definition) is 6. The molecule has 5 rings (SSSR count). The molecule has 3 aromatic rings. The fourth-order valence-electron chi connectivity index (χ4n) is 4.47. The van der Waals surface area contributed by atoms with Crippen LogP contribution in [0.25, 0.3) is 11.1 Å². The fraction of sp³-hybridized carbons (Fsp3) is 0.280. The second-order valence-corrected chi connectivity index (χ2v) is 8.61. The minimum atomic E-state index is -0.977. The highest BCUT2D eigenvalue weighted by Crippen LogP contribution is 2.44. The molecule has 1 heterocycles. The number of oxazole rings is 1. The number of ether oxygens (including phenoxy) is 1. The first-order chi connectivity index (χ1) is 16.5. The number of nitrogens with one attached hydrogen (secondary N) is 2. The van der Waals surface area contributed by atoms with Gasteiger partial charge >= 0.3 is 12.1 Å². The Morgan fingerprint density at radius 2 is 1.71 bits per heavy atom. The average molecular weight is 461 g/mol. The van der Waals surface area contributed by atoms with E-state index >= 15 is 0 Å². The molecular weight excluding hydrogens is 438 g/mol. The van der Waals surface area contributed by atoms with Gasteiger partial charge in [0, 0.05) is 5.92 Å². The zero-order valence-corrected chi connectivity index (χ0v) is 18.2. The van der Waals surface area contributed by atoms with Gasteiger partial charge in [-0.1, -0.05) is 48.5 Å². The lowest BCUT2D eigenvalue weighted by Gasteiger charge is -2.15. The summed E-state index contributed by atoms with van der Waals surface area (Å²) in [7, 11) is 0. The summed E-state index contributed by atoms with van der Waals surface area (Å²) in [6, 6.07) is 16.1. The molecule has 0 spiro atoms. The summed E-state index contributed by atoms with van der Waals surface area (Å²) in [6.45, 7) is 0.0761. The lowest BCUT2D eigenvalue weighted by atomic mass is 9.98. The van der Waals surface area contributed by atoms with Crippen molar-refractivity contribution in [1.82, 2.24) is 15.6 Å². The highest BCUT2D eigenvalue weighted by molar-refractivity contribution is 5.94. The molecule has 0 bridgehead atoms. The van der Waals surface area contributed by atoms with E-state index in [0.29, 0.717) is 12.8 Å². The van der Waals surface area contributed by atoms with Crippen LogP contribution in [-0.2, 0) is 16.1 Å². The number of carbonyl (C=O) groups is 3. The maximum absolute atomic E-state index is 12.6. The molecular formula is C25H23N3O6. The third kappa shape index (κ3) is 4.24. The molecule has 0 atom stereocenters. The first kappa shape index (κ1) is 21.7. The second kappa shape index (κ2) is 8.66. The number of fused-ring (bicyclic) bond motifs is 3. The van der Waals surface area contributed by atoms with Crippen LogP contribution in [0.1, 0.15) is 52.6 Å². The molecule has 0 aliphatic heterocycles. The zero-order chi connectivity index (χ0) is 23.7. The van der Waals surface area contributed by atoms with Gasteiger partial charge in [0.1, 0.15) is 6.61 Å². The molecule has 1 saturated carbocycles. The van der Waals surface area contributed by atoms with Gasteiger partial charge in [0.15, 0.2) is 17.8 Å². The van der Waals surface area contributed by atoms with Crippen LogP contribution < -0.4 is 10.6 Å². The molecule has 2 aromatic carbocycles. The Morgan fingerprint density at radius 1 is 1.06 bits per heavy atom. The number of benzene rings is 2. The van der Waals surface area contributed by atoms with Crippen LogP contribution in [0.15, 0.2) is 59.3 Å². The zero-order valence-electron chi connectivity index (χ0n) is 18.2. The van der Waals surface area contributed by atoms with Crippen molar-refractivity contribution in [1.29, 1.82) is 0 Å². The molecule has 3 N–H and O–H groups in total. The van der Waals surface area contributed by atoms with E-state index in [4.69, 9.17) is 14.3 Å². The summed E-state index contributed by atoms with van der Waals surface area (Å²) in [6.07, 6.45) is 1.51. The van der Waals surface area contributed by atoms with Gasteiger partial charge in [-0.2, -0.15) is 0 Å². The van der Waals surface area contributed by atoms with Gasteiger partial charge in [-0.05, 0) is 35.1 Å². The van der Waals surface area contributed by atoms with Crippen molar-refractivity contribution in [3.8, 4) is 11.1 Å². The largest absolute Gasteiger partial charge is 0.481 e. The van der Waals surface area contributed by atoms with Crippen molar-refractivity contribution in [2.75, 3.05) is 6.61 Å². The Labute approximate surface area is 195 Å². The molecule has 9 nitrogen and oxygen atoms in total. The molecule has 2 aliphatic carbocycles. The van der Waals surface area contributed by atoms with Gasteiger partial charge in [-0.3, -0.25) is 9.59 Å². The summed E-state index contributed by atoms with van der Waals surface area (Å²) in [5.74, 6) is -1.40. The molecule has 2 amide bonds. The van der Waals surface area contributed by atoms with E-state index in [1.54, 1.807) is 0 Å². The van der Waals surface area contributed by atoms with Crippen LogP contribution in [0.3, 0.4) is 0 Å². The lowest BCUT2D eigenvalue weighted by Crippen LogP contribution is -2.39. The van der Waals surface area contributed by atoms with Gasteiger partial charge in [-0.15, -0.1) is 0 Å². The number of aromatic nitrogens is 1. The minimum Gasteiger partial charge on any atom is -0.481 e. The quantitative estimate of drug-likeness (QED) is 0.468. The maximum atomic E-state index is 12.6. The predicted octanol–water partition coefficient (Wildman–Crippen LogP) is 3.45. The number of carboxylic acids is 1. The molecule has 2 aliphatic rings. The molecule has 0 radical (unpaired) electrons. The van der Waals surface area contributed by atoms with Crippen LogP contribution in [-0.4, -0.2) is 40.2 Å². The summed E-state index contributed by atoms with van der Waals surface area (Å²) < 4.78 is 10.8. The van der Waals surface area contributed by atoms with Crippen molar-refractivity contribution in [3.63, 3.8) is 0 Å². The third-order valence-electron chi connectivity index (χ3n) is 6.31. The van der Waals surface area contributed by atoms with E-state index in [-0.39, 0.29) is 36.9 Å². The molecule has 1 aromatic heterocycles. The number of hydrogen-bond donors (Lipinski definition) is 3. The minimum absolute atomic E-state index is 0.00983. The number of carbonyl (C=O) groups excluding carboxylic acids is 2. The summed E-state index contributed by atoms with van der Waals surface area (Å²) in [5, 5.41) is 14.3. The lowest BCUT2D eigenvalue weighted by molar-refractivity contribution is -0.137. The number of aliphatic carboxylic acids is 1. The Balaban J connectivity index is 1.18. The van der Waals surface area contributed by atoms with Crippen LogP contribution in [0.5, 0.6) is 0 Å². The predicted molar refractivity (Wildman–Crippen MR) is 120 cm³/mol. The summed E-state index contributed by atoms with van der Waals surface area (Å²) >= 11 is 0. The Kier molecular flexibility index (Phi) is 5.53. The fourth-order valence-corrected chi connectivity index (χ4v) is 4.47. The van der Waals surface area contributed by atoms with E-state index < -0.39 is 23.5 Å². The highest BCUT2D eigenvalue weighted by Gasteiger charge is 2.46. The van der Waals surface area contributed by atoms with Crippen molar-refractivity contribution in [3.05, 3.63) is 77.5 Å². The van der Waals surface area contributed by atoms with Crippen LogP contribution in [0.2, 0.25) is 0 Å². The SMILES string of the molecule is O=C(O)CC1(NC(=O)c2ncoc2CNC(=O)OCC2c3ccccc3-c3ccccc32)CC1. The maximum Gasteiger partial charge on any atom is 0.407 e. The van der Waals surface area contributed by atoms with Gasteiger partial charge in [0.2, 0.25) is 0 Å². The number of carboxylic acid groups (broad SMARTS) is 1. The van der Waals surface area contributed by atoms with Gasteiger partial charge in [0.05, 0.1) is 18.5 Å². The first-order valence-electron chi connectivity index (χ1n) is 11.0. The van der Waals surface area contributed by atoms with Crippen molar-refractivity contribution >= 4 is 18.0 Å². The number of rotatable bonds is 8. The van der Waals surface area contributed by atoms with Gasteiger partial charge in [0.25, 0.3) is 5.91 Å². The van der Waals surface area contributed by atoms with Crippen molar-refractivity contribution in [2.45, 2.75) is 37.3 Å². The molecule has 9 heteroatoms. The van der Waals surface area contributed by atoms with Crippen LogP contribution in [0, 0.1) is 0 Å². The van der Waals surface area contributed by atoms with Gasteiger partial charge < -0.3 is 24.9 Å². The standard InChI is InChI=1S/C25H23N3O6/c29-21(30)11-25(9-10-25)28-23(31)22-20(34-14-27-22)12-26-24(32)33-13-19-17-7-3-1-5-15(17)16-6-2-4-8-18(16)19/h1-8,14,19H,9-13H2,(H,26,32)(H,28,31)(H,29,30). The smallest absolute Gasteiger partial charge is 0.407 e. The van der Waals surface area contributed by atoms with E-state index in [9.17, 15) is 14.4 Å². The monoisotopic (exact) mass is 461 g/mol. The topological polar surface area (TPSA) is 131 Å². The molecule has 0 saturated heterocycles. The molecule has 1 fully saturated rings. The summed E-state index contributed by atoms with van der Waals surface area (Å²) in [4.78, 5) is 39.9. The van der Waals surface area contributed by atoms with E-state index in [2.05, 4.69) is 27.8 Å². The Bertz CT molecular complexity index is 1220. The Morgan fingerprint density at radius 3 is 2.32 bits per heavy atom. The molecule has 34 heavy (non-hydrogen) atoms. The molecule has 0 unspecified atom stereocenters. The average Bonchev–Trinajstić information content (AvgIpc) is 3.27. The third-order valence-corrected chi connectivity index (χ3v) is 6.31. The van der Waals surface area contributed by atoms with Crippen molar-refractivity contribution in [2.24, 2.45) is 0 Å². The molecule has 174 valence electrons. The van der Waals surface area contributed by atoms with E-state index in [1.165, 1.54) is 0 Å². The number of amides is 2. The number of nitrogens with zero attached hydrogens (tertiary/aromatic N) is 1. The Hall–Kier alpha value is -4.14. The first-order valence-corrected chi connectivity index (χ1v) is 11.0. The van der Waals surface area contributed by atoms with E-state index in [0.717, 1.165) is 28.6 Å². The summed E-state index contributed by atoms with van der Waals surface area (Å²) in [5.41, 5.74) is 3.78. The number of alkyl carbamates (subject to hydrolysis) is 1. The normalized spacial score (nSPS) is 15.2.